The van der Waals surface area contributed by atoms with E-state index in [2.05, 4.69) is 4.98 Å². The highest BCUT2D eigenvalue weighted by molar-refractivity contribution is 7.22. The van der Waals surface area contributed by atoms with Gasteiger partial charge in [-0.05, 0) is 57.4 Å². The van der Waals surface area contributed by atoms with E-state index >= 15 is 0 Å². The quantitative estimate of drug-likeness (QED) is 0.568. The Labute approximate surface area is 171 Å². The van der Waals surface area contributed by atoms with E-state index in [0.29, 0.717) is 23.2 Å². The number of carbonyl (C=O) groups is 1. The zero-order valence-corrected chi connectivity index (χ0v) is 16.9. The summed E-state index contributed by atoms with van der Waals surface area (Å²) in [5.74, 6) is -3.07. The molecular formula is C19H19ClF3N3OS. The fourth-order valence-corrected chi connectivity index (χ4v) is 3.68. The smallest absolute Gasteiger partial charge is 0.266 e. The van der Waals surface area contributed by atoms with Crippen molar-refractivity contribution in [2.45, 2.75) is 6.42 Å². The monoisotopic (exact) mass is 429 g/mol. The average Bonchev–Trinajstić information content (AvgIpc) is 3.00. The van der Waals surface area contributed by atoms with E-state index in [1.54, 1.807) is 0 Å². The molecule has 4 nitrogen and oxygen atoms in total. The highest BCUT2D eigenvalue weighted by atomic mass is 35.5. The number of nitrogens with zero attached hydrogens (tertiary/aromatic N) is 3. The second-order valence-corrected chi connectivity index (χ2v) is 7.33. The molecule has 0 fully saturated rings. The molecule has 0 spiro atoms. The van der Waals surface area contributed by atoms with Crippen molar-refractivity contribution in [1.29, 1.82) is 0 Å². The van der Waals surface area contributed by atoms with Gasteiger partial charge in [-0.3, -0.25) is 9.69 Å². The summed E-state index contributed by atoms with van der Waals surface area (Å²) in [4.78, 5) is 20.5. The van der Waals surface area contributed by atoms with E-state index in [1.165, 1.54) is 29.2 Å². The van der Waals surface area contributed by atoms with Crippen molar-refractivity contribution in [2.75, 3.05) is 32.1 Å². The first-order chi connectivity index (χ1) is 12.9. The molecule has 9 heteroatoms. The molecular weight excluding hydrogens is 411 g/mol. The molecule has 0 aliphatic rings. The van der Waals surface area contributed by atoms with Crippen molar-refractivity contribution in [1.82, 2.24) is 9.88 Å². The van der Waals surface area contributed by atoms with Crippen LogP contribution in [0.4, 0.5) is 18.3 Å². The average molecular weight is 430 g/mol. The lowest BCUT2D eigenvalue weighted by Crippen LogP contribution is -2.34. The van der Waals surface area contributed by atoms with Crippen LogP contribution in [0.1, 0.15) is 16.8 Å². The van der Waals surface area contributed by atoms with Crippen LogP contribution in [0, 0.1) is 17.5 Å². The van der Waals surface area contributed by atoms with Crippen molar-refractivity contribution in [3.05, 3.63) is 59.4 Å². The number of fused-ring (bicyclic) bond motifs is 1. The number of aromatic nitrogens is 1. The topological polar surface area (TPSA) is 36.4 Å². The molecule has 1 amide bonds. The summed E-state index contributed by atoms with van der Waals surface area (Å²) >= 11 is 1.11. The summed E-state index contributed by atoms with van der Waals surface area (Å²) in [5, 5.41) is 0.280. The number of hydrogen-bond acceptors (Lipinski definition) is 4. The number of anilines is 1. The molecule has 0 unspecified atom stereocenters. The van der Waals surface area contributed by atoms with Gasteiger partial charge in [0.15, 0.2) is 5.13 Å². The number of carbonyl (C=O) groups excluding carboxylic acids is 1. The normalized spacial score (nSPS) is 10.9. The molecule has 0 saturated carbocycles. The minimum atomic E-state index is -0.926. The Morgan fingerprint density at radius 2 is 1.75 bits per heavy atom. The van der Waals surface area contributed by atoms with Gasteiger partial charge in [-0.25, -0.2) is 18.2 Å². The molecule has 2 aromatic carbocycles. The maximum Gasteiger partial charge on any atom is 0.266 e. The molecule has 0 aliphatic heterocycles. The summed E-state index contributed by atoms with van der Waals surface area (Å²) in [6, 6.07) is 7.41. The number of halogens is 4. The standard InChI is InChI=1S/C19H18F3N3OS.ClH/c1-24(2)9-4-10-25(18(26)17-13(21)5-3-6-14(17)22)19-23-15-8-7-12(20)11-16(15)27-19;/h3,5-8,11H,4,9-10H2,1-2H3;1H. The van der Waals surface area contributed by atoms with Gasteiger partial charge in [-0.15, -0.1) is 12.4 Å². The van der Waals surface area contributed by atoms with Crippen molar-refractivity contribution in [3.63, 3.8) is 0 Å². The van der Waals surface area contributed by atoms with E-state index in [4.69, 9.17) is 0 Å². The van der Waals surface area contributed by atoms with Gasteiger partial charge in [0, 0.05) is 6.54 Å². The number of benzene rings is 2. The minimum absolute atomic E-state index is 0. The van der Waals surface area contributed by atoms with Crippen molar-refractivity contribution >= 4 is 45.0 Å². The van der Waals surface area contributed by atoms with Gasteiger partial charge >= 0.3 is 0 Å². The first kappa shape index (κ1) is 22.1. The van der Waals surface area contributed by atoms with Gasteiger partial charge in [0.25, 0.3) is 5.91 Å². The fraction of sp³-hybridized carbons (Fsp3) is 0.263. The SMILES string of the molecule is CN(C)CCCN(C(=O)c1c(F)cccc1F)c1nc2ccc(F)cc2s1.Cl. The first-order valence-electron chi connectivity index (χ1n) is 8.33. The largest absolute Gasteiger partial charge is 0.309 e. The number of rotatable bonds is 6. The number of amides is 1. The molecule has 150 valence electrons. The lowest BCUT2D eigenvalue weighted by atomic mass is 10.1. The second-order valence-electron chi connectivity index (χ2n) is 6.32. The van der Waals surface area contributed by atoms with Gasteiger partial charge in [0.2, 0.25) is 0 Å². The Morgan fingerprint density at radius 1 is 1.07 bits per heavy atom. The predicted octanol–water partition coefficient (Wildman–Crippen LogP) is 4.73. The van der Waals surface area contributed by atoms with Crippen LogP contribution in [0.25, 0.3) is 10.2 Å². The Morgan fingerprint density at radius 3 is 2.39 bits per heavy atom. The molecule has 28 heavy (non-hydrogen) atoms. The van der Waals surface area contributed by atoms with Crippen LogP contribution in [0.2, 0.25) is 0 Å². The summed E-state index contributed by atoms with van der Waals surface area (Å²) in [6.45, 7) is 0.913. The second kappa shape index (κ2) is 9.36. The molecule has 0 atom stereocenters. The number of hydrogen-bond donors (Lipinski definition) is 0. The molecule has 0 radical (unpaired) electrons. The lowest BCUT2D eigenvalue weighted by molar-refractivity contribution is 0.0978. The zero-order chi connectivity index (χ0) is 19.6. The van der Waals surface area contributed by atoms with Crippen LogP contribution >= 0.6 is 23.7 Å². The van der Waals surface area contributed by atoms with Gasteiger partial charge < -0.3 is 4.90 Å². The predicted molar refractivity (Wildman–Crippen MR) is 108 cm³/mol. The third-order valence-corrected chi connectivity index (χ3v) is 5.02. The highest BCUT2D eigenvalue weighted by Gasteiger charge is 2.26. The Balaban J connectivity index is 0.00000280. The van der Waals surface area contributed by atoms with E-state index in [9.17, 15) is 18.0 Å². The van der Waals surface area contributed by atoms with Crippen LogP contribution in [-0.4, -0.2) is 43.0 Å². The summed E-state index contributed by atoms with van der Waals surface area (Å²) in [5.41, 5.74) is -0.0939. The Kier molecular flexibility index (Phi) is 7.40. The molecule has 1 aromatic heterocycles. The van der Waals surface area contributed by atoms with Crippen LogP contribution < -0.4 is 4.90 Å². The fourth-order valence-electron chi connectivity index (χ4n) is 2.67. The van der Waals surface area contributed by atoms with Crippen LogP contribution in [-0.2, 0) is 0 Å². The maximum atomic E-state index is 14.1. The van der Waals surface area contributed by atoms with Crippen LogP contribution in [0.15, 0.2) is 36.4 Å². The van der Waals surface area contributed by atoms with Crippen molar-refractivity contribution in [3.8, 4) is 0 Å². The van der Waals surface area contributed by atoms with Gasteiger partial charge in [0.05, 0.1) is 10.2 Å². The summed E-state index contributed by atoms with van der Waals surface area (Å²) in [7, 11) is 3.78. The molecule has 3 rings (SSSR count). The van der Waals surface area contributed by atoms with E-state index in [-0.39, 0.29) is 24.1 Å². The van der Waals surface area contributed by atoms with E-state index in [1.807, 2.05) is 19.0 Å². The van der Waals surface area contributed by atoms with Crippen LogP contribution in [0.5, 0.6) is 0 Å². The zero-order valence-electron chi connectivity index (χ0n) is 15.3. The van der Waals surface area contributed by atoms with Crippen molar-refractivity contribution < 1.29 is 18.0 Å². The first-order valence-corrected chi connectivity index (χ1v) is 9.15. The van der Waals surface area contributed by atoms with Crippen molar-refractivity contribution in [2.24, 2.45) is 0 Å². The third kappa shape index (κ3) is 4.81. The van der Waals surface area contributed by atoms with Crippen LogP contribution in [0.3, 0.4) is 0 Å². The third-order valence-electron chi connectivity index (χ3n) is 3.98. The lowest BCUT2D eigenvalue weighted by Gasteiger charge is -2.21. The summed E-state index contributed by atoms with van der Waals surface area (Å²) in [6.07, 6.45) is 0.582. The summed E-state index contributed by atoms with van der Waals surface area (Å²) < 4.78 is 42.3. The molecule has 0 N–H and O–H groups in total. The Hall–Kier alpha value is -2.16. The van der Waals surface area contributed by atoms with Gasteiger partial charge in [-0.1, -0.05) is 17.4 Å². The highest BCUT2D eigenvalue weighted by Crippen LogP contribution is 2.31. The number of thiazole rings is 1. The minimum Gasteiger partial charge on any atom is -0.309 e. The Bertz CT molecular complexity index is 960. The maximum absolute atomic E-state index is 14.1. The molecule has 1 heterocycles. The molecule has 0 saturated heterocycles. The van der Waals surface area contributed by atoms with E-state index in [0.717, 1.165) is 23.5 Å². The van der Waals surface area contributed by atoms with Gasteiger partial charge in [-0.2, -0.15) is 0 Å². The molecule has 0 bridgehead atoms. The van der Waals surface area contributed by atoms with E-state index < -0.39 is 28.9 Å². The molecule has 0 aliphatic carbocycles. The van der Waals surface area contributed by atoms with Gasteiger partial charge in [0.1, 0.15) is 23.0 Å². The molecule has 3 aromatic rings.